The molecule has 34 heavy (non-hydrogen) atoms. The van der Waals surface area contributed by atoms with Crippen LogP contribution >= 0.6 is 11.6 Å². The van der Waals surface area contributed by atoms with Gasteiger partial charge in [0.25, 0.3) is 5.91 Å². The Morgan fingerprint density at radius 3 is 2.56 bits per heavy atom. The average Bonchev–Trinajstić information content (AvgIpc) is 3.52. The molecular formula is C26H29ClFN3O3. The average molecular weight is 486 g/mol. The van der Waals surface area contributed by atoms with Crippen LogP contribution in [0.3, 0.4) is 0 Å². The van der Waals surface area contributed by atoms with E-state index >= 15 is 0 Å². The lowest BCUT2D eigenvalue weighted by Gasteiger charge is -2.28. The summed E-state index contributed by atoms with van der Waals surface area (Å²) in [4.78, 5) is 28.2. The van der Waals surface area contributed by atoms with Gasteiger partial charge in [-0.05, 0) is 25.0 Å². The van der Waals surface area contributed by atoms with Crippen LogP contribution in [-0.4, -0.2) is 54.2 Å². The van der Waals surface area contributed by atoms with Gasteiger partial charge in [-0.2, -0.15) is 5.10 Å². The lowest BCUT2D eigenvalue weighted by atomic mass is 9.98. The van der Waals surface area contributed by atoms with Gasteiger partial charge in [-0.3, -0.25) is 9.59 Å². The summed E-state index contributed by atoms with van der Waals surface area (Å²) in [6.07, 6.45) is 4.05. The molecule has 1 saturated carbocycles. The number of amides is 2. The fraction of sp³-hybridized carbons (Fsp3) is 0.423. The first-order valence-electron chi connectivity index (χ1n) is 11.7. The van der Waals surface area contributed by atoms with E-state index in [4.69, 9.17) is 16.3 Å². The number of methoxy groups -OCH3 is 1. The van der Waals surface area contributed by atoms with Crippen molar-refractivity contribution in [3.8, 4) is 0 Å². The van der Waals surface area contributed by atoms with Crippen LogP contribution in [0.2, 0.25) is 5.02 Å². The molecule has 4 rings (SSSR count). The molecule has 1 heterocycles. The third-order valence-corrected chi connectivity index (χ3v) is 6.85. The molecule has 1 aliphatic carbocycles. The molecule has 0 radical (unpaired) electrons. The van der Waals surface area contributed by atoms with Crippen molar-refractivity contribution >= 4 is 29.1 Å². The molecule has 0 N–H and O–H groups in total. The number of carbonyl (C=O) groups is 2. The highest BCUT2D eigenvalue weighted by atomic mass is 35.5. The summed E-state index contributed by atoms with van der Waals surface area (Å²) >= 11 is 6.39. The zero-order chi connectivity index (χ0) is 24.1. The van der Waals surface area contributed by atoms with Gasteiger partial charge >= 0.3 is 0 Å². The van der Waals surface area contributed by atoms with Crippen LogP contribution in [0, 0.1) is 11.7 Å². The number of benzene rings is 2. The second-order valence-corrected chi connectivity index (χ2v) is 9.15. The Hall–Kier alpha value is -2.77. The summed E-state index contributed by atoms with van der Waals surface area (Å²) in [5.74, 6) is -0.857. The molecule has 180 valence electrons. The molecule has 0 unspecified atom stereocenters. The van der Waals surface area contributed by atoms with Crippen LogP contribution < -0.4 is 0 Å². The van der Waals surface area contributed by atoms with Gasteiger partial charge in [-0.25, -0.2) is 9.40 Å². The molecule has 0 spiro atoms. The van der Waals surface area contributed by atoms with Gasteiger partial charge in [-0.15, -0.1) is 0 Å². The van der Waals surface area contributed by atoms with E-state index in [-0.39, 0.29) is 24.3 Å². The van der Waals surface area contributed by atoms with E-state index in [1.807, 2.05) is 18.2 Å². The van der Waals surface area contributed by atoms with Crippen molar-refractivity contribution in [3.05, 3.63) is 70.5 Å². The quantitative estimate of drug-likeness (QED) is 0.538. The maximum absolute atomic E-state index is 14.8. The van der Waals surface area contributed by atoms with Crippen LogP contribution in [-0.2, 0) is 14.3 Å². The van der Waals surface area contributed by atoms with Crippen LogP contribution in [0.5, 0.6) is 0 Å². The molecule has 1 fully saturated rings. The molecule has 1 atom stereocenters. The number of halogens is 2. The van der Waals surface area contributed by atoms with Crippen LogP contribution in [0.4, 0.5) is 4.39 Å². The Morgan fingerprint density at radius 1 is 1.15 bits per heavy atom. The number of carbonyl (C=O) groups excluding carboxylic acids is 2. The topological polar surface area (TPSA) is 62.2 Å². The summed E-state index contributed by atoms with van der Waals surface area (Å²) in [5, 5.41) is 6.42. The molecule has 1 aliphatic heterocycles. The smallest absolute Gasteiger partial charge is 0.262 e. The SMILES string of the molecule is COCCN(CC(=O)N1N=C(c2ccccc2Cl)C[C@H]1c1ccccc1F)C(=O)C1CCCC1. The molecule has 6 nitrogen and oxygen atoms in total. The first-order valence-corrected chi connectivity index (χ1v) is 12.0. The van der Waals surface area contributed by atoms with Crippen molar-refractivity contribution < 1.29 is 18.7 Å². The minimum atomic E-state index is -0.620. The normalized spacial score (nSPS) is 18.3. The zero-order valence-corrected chi connectivity index (χ0v) is 20.0. The van der Waals surface area contributed by atoms with E-state index in [0.717, 1.165) is 25.7 Å². The van der Waals surface area contributed by atoms with Gasteiger partial charge in [0.2, 0.25) is 5.91 Å². The Balaban J connectivity index is 1.62. The maximum atomic E-state index is 14.8. The van der Waals surface area contributed by atoms with E-state index in [2.05, 4.69) is 5.10 Å². The minimum absolute atomic E-state index is 0.0279. The van der Waals surface area contributed by atoms with Crippen molar-refractivity contribution in [2.45, 2.75) is 38.1 Å². The Kier molecular flexibility index (Phi) is 7.95. The van der Waals surface area contributed by atoms with Gasteiger partial charge < -0.3 is 9.64 Å². The monoisotopic (exact) mass is 485 g/mol. The highest BCUT2D eigenvalue weighted by Gasteiger charge is 2.37. The molecule has 0 saturated heterocycles. The van der Waals surface area contributed by atoms with Crippen molar-refractivity contribution in [1.29, 1.82) is 0 Å². The number of hydrogen-bond acceptors (Lipinski definition) is 4. The largest absolute Gasteiger partial charge is 0.383 e. The van der Waals surface area contributed by atoms with E-state index < -0.39 is 11.9 Å². The number of hydrazone groups is 1. The van der Waals surface area contributed by atoms with E-state index in [9.17, 15) is 14.0 Å². The fourth-order valence-corrected chi connectivity index (χ4v) is 4.97. The van der Waals surface area contributed by atoms with Crippen LogP contribution in [0.1, 0.15) is 49.3 Å². The summed E-state index contributed by atoms with van der Waals surface area (Å²) in [6.45, 7) is 0.510. The third-order valence-electron chi connectivity index (χ3n) is 6.52. The second-order valence-electron chi connectivity index (χ2n) is 8.74. The van der Waals surface area contributed by atoms with Crippen molar-refractivity contribution in [1.82, 2.24) is 9.91 Å². The van der Waals surface area contributed by atoms with Crippen molar-refractivity contribution in [3.63, 3.8) is 0 Å². The summed E-state index contributed by atoms with van der Waals surface area (Å²) in [6, 6.07) is 13.0. The highest BCUT2D eigenvalue weighted by molar-refractivity contribution is 6.34. The lowest BCUT2D eigenvalue weighted by Crippen LogP contribution is -2.44. The third kappa shape index (κ3) is 5.31. The minimum Gasteiger partial charge on any atom is -0.383 e. The predicted molar refractivity (Wildman–Crippen MR) is 129 cm³/mol. The van der Waals surface area contributed by atoms with Gasteiger partial charge in [0.15, 0.2) is 0 Å². The molecule has 2 aliphatic rings. The van der Waals surface area contributed by atoms with Gasteiger partial charge in [-0.1, -0.05) is 60.8 Å². The molecule has 2 aromatic rings. The van der Waals surface area contributed by atoms with Gasteiger partial charge in [0.1, 0.15) is 12.4 Å². The number of nitrogens with zero attached hydrogens (tertiary/aromatic N) is 3. The Bertz CT molecular complexity index is 1070. The van der Waals surface area contributed by atoms with Crippen molar-refractivity contribution in [2.75, 3.05) is 26.8 Å². The van der Waals surface area contributed by atoms with E-state index in [1.165, 1.54) is 11.1 Å². The molecule has 0 bridgehead atoms. The molecule has 8 heteroatoms. The molecule has 2 aromatic carbocycles. The van der Waals surface area contributed by atoms with Gasteiger partial charge in [0, 0.05) is 42.1 Å². The number of rotatable bonds is 8. The van der Waals surface area contributed by atoms with E-state index in [0.29, 0.717) is 41.4 Å². The number of hydrogen-bond donors (Lipinski definition) is 0. The highest BCUT2D eigenvalue weighted by Crippen LogP contribution is 2.36. The van der Waals surface area contributed by atoms with Crippen LogP contribution in [0.15, 0.2) is 53.6 Å². The number of ether oxygens (including phenoxy) is 1. The maximum Gasteiger partial charge on any atom is 0.262 e. The first-order chi connectivity index (χ1) is 16.5. The van der Waals surface area contributed by atoms with E-state index in [1.54, 1.807) is 36.3 Å². The molecule has 0 aromatic heterocycles. The fourth-order valence-electron chi connectivity index (χ4n) is 4.72. The predicted octanol–water partition coefficient (Wildman–Crippen LogP) is 4.82. The standard InChI is InChI=1S/C26H29ClFN3O3/c1-34-15-14-30(26(33)18-8-2-3-9-18)17-25(32)31-24(20-11-5-7-13-22(20)28)16-23(29-31)19-10-4-6-12-21(19)27/h4-7,10-13,18,24H,2-3,8-9,14-17H2,1H3/t24-/m0/s1. The Morgan fingerprint density at radius 2 is 1.85 bits per heavy atom. The summed E-state index contributed by atoms with van der Waals surface area (Å²) in [5.41, 5.74) is 1.70. The summed E-state index contributed by atoms with van der Waals surface area (Å²) < 4.78 is 19.9. The molecule has 2 amide bonds. The summed E-state index contributed by atoms with van der Waals surface area (Å²) in [7, 11) is 1.56. The van der Waals surface area contributed by atoms with Crippen molar-refractivity contribution in [2.24, 2.45) is 11.0 Å². The Labute approximate surface area is 204 Å². The second kappa shape index (κ2) is 11.1. The molecular weight excluding hydrogens is 457 g/mol. The zero-order valence-electron chi connectivity index (χ0n) is 19.3. The van der Waals surface area contributed by atoms with Gasteiger partial charge in [0.05, 0.1) is 18.4 Å². The first kappa shape index (κ1) is 24.4. The van der Waals surface area contributed by atoms with Crippen LogP contribution in [0.25, 0.3) is 0 Å². The lowest BCUT2D eigenvalue weighted by molar-refractivity contribution is -0.144.